The first-order chi connectivity index (χ1) is 7.38. The summed E-state index contributed by atoms with van der Waals surface area (Å²) in [7, 11) is 0. The van der Waals surface area contributed by atoms with Gasteiger partial charge in [0.05, 0.1) is 5.39 Å². The van der Waals surface area contributed by atoms with Crippen molar-refractivity contribution in [2.24, 2.45) is 0 Å². The number of nitrogens with zero attached hydrogens (tertiary/aromatic N) is 2. The van der Waals surface area contributed by atoms with Crippen molar-refractivity contribution in [3.05, 3.63) is 18.1 Å². The molecule has 0 aromatic carbocycles. The van der Waals surface area contributed by atoms with Crippen molar-refractivity contribution in [1.29, 1.82) is 0 Å². The van der Waals surface area contributed by atoms with Crippen molar-refractivity contribution in [3.63, 3.8) is 0 Å². The van der Waals surface area contributed by atoms with E-state index < -0.39 is 0 Å². The summed E-state index contributed by atoms with van der Waals surface area (Å²) in [4.78, 5) is 11.9. The summed E-state index contributed by atoms with van der Waals surface area (Å²) in [6.45, 7) is 2.96. The highest BCUT2D eigenvalue weighted by Crippen LogP contribution is 2.40. The largest absolute Gasteiger partial charge is 0.370 e. The fourth-order valence-corrected chi connectivity index (χ4v) is 1.88. The number of aromatic amines is 1. The summed E-state index contributed by atoms with van der Waals surface area (Å²) < 4.78 is 0. The first kappa shape index (κ1) is 8.71. The second kappa shape index (κ2) is 3.22. The fraction of sp³-hybridized carbons (Fsp3) is 0.455. The zero-order valence-electron chi connectivity index (χ0n) is 8.75. The van der Waals surface area contributed by atoms with E-state index in [9.17, 15) is 0 Å². The third-order valence-electron chi connectivity index (χ3n) is 2.81. The SMILES string of the molecule is CCNc1ncnc2[nH]c(C3CC3)cc12. The number of hydrogen-bond acceptors (Lipinski definition) is 3. The van der Waals surface area contributed by atoms with Crippen LogP contribution in [0.5, 0.6) is 0 Å². The van der Waals surface area contributed by atoms with Crippen LogP contribution >= 0.6 is 0 Å². The van der Waals surface area contributed by atoms with Crippen LogP contribution in [0.1, 0.15) is 31.4 Å². The Balaban J connectivity index is 2.11. The number of hydrogen-bond donors (Lipinski definition) is 2. The molecule has 0 amide bonds. The maximum absolute atomic E-state index is 4.25. The summed E-state index contributed by atoms with van der Waals surface area (Å²) >= 11 is 0. The van der Waals surface area contributed by atoms with Crippen molar-refractivity contribution >= 4 is 16.9 Å². The van der Waals surface area contributed by atoms with Gasteiger partial charge in [0.1, 0.15) is 17.8 Å². The van der Waals surface area contributed by atoms with Gasteiger partial charge in [-0.15, -0.1) is 0 Å². The highest BCUT2D eigenvalue weighted by atomic mass is 15.0. The maximum atomic E-state index is 4.25. The van der Waals surface area contributed by atoms with Gasteiger partial charge in [-0.2, -0.15) is 0 Å². The normalized spacial score (nSPS) is 15.8. The quantitative estimate of drug-likeness (QED) is 0.802. The predicted molar refractivity (Wildman–Crippen MR) is 60.0 cm³/mol. The average Bonchev–Trinajstić information content (AvgIpc) is 2.99. The molecule has 2 heterocycles. The van der Waals surface area contributed by atoms with Gasteiger partial charge in [-0.3, -0.25) is 0 Å². The topological polar surface area (TPSA) is 53.6 Å². The lowest BCUT2D eigenvalue weighted by molar-refractivity contribution is 1.05. The lowest BCUT2D eigenvalue weighted by Gasteiger charge is -2.01. The minimum atomic E-state index is 0.730. The molecule has 2 aromatic heterocycles. The van der Waals surface area contributed by atoms with E-state index in [1.54, 1.807) is 6.33 Å². The Morgan fingerprint density at radius 2 is 2.33 bits per heavy atom. The van der Waals surface area contributed by atoms with Crippen molar-refractivity contribution in [1.82, 2.24) is 15.0 Å². The number of nitrogens with one attached hydrogen (secondary N) is 2. The van der Waals surface area contributed by atoms with E-state index in [2.05, 4.69) is 33.3 Å². The molecule has 1 fully saturated rings. The zero-order chi connectivity index (χ0) is 10.3. The smallest absolute Gasteiger partial charge is 0.143 e. The molecule has 0 bridgehead atoms. The van der Waals surface area contributed by atoms with Crippen LogP contribution in [0.4, 0.5) is 5.82 Å². The second-order valence-electron chi connectivity index (χ2n) is 4.01. The van der Waals surface area contributed by atoms with Crippen LogP contribution in [-0.4, -0.2) is 21.5 Å². The molecular weight excluding hydrogens is 188 g/mol. The molecule has 4 nitrogen and oxygen atoms in total. The first-order valence-corrected chi connectivity index (χ1v) is 5.46. The number of anilines is 1. The standard InChI is InChI=1S/C11H14N4/c1-2-12-10-8-5-9(7-3-4-7)15-11(8)14-6-13-10/h5-7H,2-4H2,1H3,(H2,12,13,14,15). The van der Waals surface area contributed by atoms with Crippen LogP contribution in [0.15, 0.2) is 12.4 Å². The van der Waals surface area contributed by atoms with Gasteiger partial charge >= 0.3 is 0 Å². The summed E-state index contributed by atoms with van der Waals surface area (Å²) in [6, 6.07) is 2.19. The van der Waals surface area contributed by atoms with Crippen LogP contribution in [0, 0.1) is 0 Å². The predicted octanol–water partition coefficient (Wildman–Crippen LogP) is 2.27. The highest BCUT2D eigenvalue weighted by Gasteiger charge is 2.25. The molecule has 78 valence electrons. The summed E-state index contributed by atoms with van der Waals surface area (Å²) in [6.07, 6.45) is 4.21. The van der Waals surface area contributed by atoms with Crippen LogP contribution in [0.3, 0.4) is 0 Å². The van der Waals surface area contributed by atoms with E-state index >= 15 is 0 Å². The molecule has 1 aliphatic carbocycles. The van der Waals surface area contributed by atoms with Crippen molar-refractivity contribution in [3.8, 4) is 0 Å². The number of rotatable bonds is 3. The number of H-pyrrole nitrogens is 1. The molecule has 0 unspecified atom stereocenters. The molecular formula is C11H14N4. The Morgan fingerprint density at radius 3 is 3.07 bits per heavy atom. The molecule has 1 saturated carbocycles. The van der Waals surface area contributed by atoms with E-state index in [0.29, 0.717) is 0 Å². The molecule has 15 heavy (non-hydrogen) atoms. The molecule has 2 aromatic rings. The van der Waals surface area contributed by atoms with Gasteiger partial charge in [0.2, 0.25) is 0 Å². The molecule has 0 atom stereocenters. The Bertz CT molecular complexity index is 484. The average molecular weight is 202 g/mol. The number of fused-ring (bicyclic) bond motifs is 1. The maximum Gasteiger partial charge on any atom is 0.143 e. The second-order valence-corrected chi connectivity index (χ2v) is 4.01. The van der Waals surface area contributed by atoms with Crippen LogP contribution in [0.2, 0.25) is 0 Å². The van der Waals surface area contributed by atoms with Gasteiger partial charge in [-0.1, -0.05) is 0 Å². The van der Waals surface area contributed by atoms with Crippen LogP contribution < -0.4 is 5.32 Å². The van der Waals surface area contributed by atoms with E-state index in [1.807, 2.05) is 0 Å². The summed E-state index contributed by atoms with van der Waals surface area (Å²) in [5.41, 5.74) is 2.26. The highest BCUT2D eigenvalue weighted by molar-refractivity contribution is 5.87. The minimum Gasteiger partial charge on any atom is -0.370 e. The van der Waals surface area contributed by atoms with Gasteiger partial charge in [0.25, 0.3) is 0 Å². The van der Waals surface area contributed by atoms with E-state index in [0.717, 1.165) is 29.3 Å². The van der Waals surface area contributed by atoms with Gasteiger partial charge in [-0.05, 0) is 31.7 Å². The van der Waals surface area contributed by atoms with Gasteiger partial charge in [-0.25, -0.2) is 9.97 Å². The molecule has 0 aliphatic heterocycles. The number of aromatic nitrogens is 3. The molecule has 4 heteroatoms. The Morgan fingerprint density at radius 1 is 1.47 bits per heavy atom. The molecule has 0 saturated heterocycles. The molecule has 0 spiro atoms. The van der Waals surface area contributed by atoms with Gasteiger partial charge in [0.15, 0.2) is 0 Å². The molecule has 3 rings (SSSR count). The minimum absolute atomic E-state index is 0.730. The van der Waals surface area contributed by atoms with Gasteiger partial charge < -0.3 is 10.3 Å². The summed E-state index contributed by atoms with van der Waals surface area (Å²) in [5, 5.41) is 4.36. The van der Waals surface area contributed by atoms with Crippen molar-refractivity contribution in [2.75, 3.05) is 11.9 Å². The third-order valence-corrected chi connectivity index (χ3v) is 2.81. The van der Waals surface area contributed by atoms with E-state index in [-0.39, 0.29) is 0 Å². The zero-order valence-corrected chi connectivity index (χ0v) is 8.75. The third kappa shape index (κ3) is 1.46. The Hall–Kier alpha value is -1.58. The fourth-order valence-electron chi connectivity index (χ4n) is 1.88. The van der Waals surface area contributed by atoms with E-state index in [4.69, 9.17) is 0 Å². The van der Waals surface area contributed by atoms with Crippen LogP contribution in [0.25, 0.3) is 11.0 Å². The monoisotopic (exact) mass is 202 g/mol. The summed E-state index contributed by atoms with van der Waals surface area (Å²) in [5.74, 6) is 1.67. The Labute approximate surface area is 88.1 Å². The Kier molecular flexibility index (Phi) is 1.87. The van der Waals surface area contributed by atoms with E-state index in [1.165, 1.54) is 18.5 Å². The van der Waals surface area contributed by atoms with Crippen molar-refractivity contribution < 1.29 is 0 Å². The van der Waals surface area contributed by atoms with Crippen molar-refractivity contribution in [2.45, 2.75) is 25.7 Å². The molecule has 0 radical (unpaired) electrons. The molecule has 1 aliphatic rings. The lowest BCUT2D eigenvalue weighted by atomic mass is 10.3. The molecule has 2 N–H and O–H groups in total. The first-order valence-electron chi connectivity index (χ1n) is 5.46. The van der Waals surface area contributed by atoms with Gasteiger partial charge in [0, 0.05) is 12.2 Å². The lowest BCUT2D eigenvalue weighted by Crippen LogP contribution is -1.99. The van der Waals surface area contributed by atoms with Crippen LogP contribution in [-0.2, 0) is 0 Å².